The average molecular weight is 378 g/mol. The molecule has 0 saturated carbocycles. The first-order valence-electron chi connectivity index (χ1n) is 8.51. The number of furan rings is 1. The number of aryl methyl sites for hydroxylation is 1. The van der Waals surface area contributed by atoms with Gasteiger partial charge < -0.3 is 14.5 Å². The first kappa shape index (κ1) is 17.3. The van der Waals surface area contributed by atoms with E-state index in [1.807, 2.05) is 49.4 Å². The molecule has 2 aromatic heterocycles. The van der Waals surface area contributed by atoms with Crippen molar-refractivity contribution in [2.75, 3.05) is 7.11 Å². The number of hydrogen-bond donors (Lipinski definition) is 1. The Hall–Kier alpha value is -3.12. The molecule has 5 nitrogen and oxygen atoms in total. The summed E-state index contributed by atoms with van der Waals surface area (Å²) in [5.41, 5.74) is 2.94. The van der Waals surface area contributed by atoms with E-state index in [-0.39, 0.29) is 11.7 Å². The molecular formula is C21H18N2O3S. The summed E-state index contributed by atoms with van der Waals surface area (Å²) >= 11 is 1.54. The number of benzene rings is 2. The van der Waals surface area contributed by atoms with E-state index in [1.165, 1.54) is 0 Å². The molecule has 0 spiro atoms. The Balaban J connectivity index is 1.47. The standard InChI is InChI=1S/C21H18N2O3S/c1-13-7-8-14(11-18(13)25-2)12-22-20(24)16-9-10-17(26-16)21-23-15-5-3-4-6-19(15)27-21/h3-11H,12H2,1-2H3,(H,22,24). The number of fused-ring (bicyclic) bond motifs is 1. The van der Waals surface area contributed by atoms with Crippen molar-refractivity contribution < 1.29 is 13.9 Å². The predicted octanol–water partition coefficient (Wildman–Crippen LogP) is 4.80. The molecule has 4 rings (SSSR count). The topological polar surface area (TPSA) is 64.4 Å². The lowest BCUT2D eigenvalue weighted by Crippen LogP contribution is -2.22. The highest BCUT2D eigenvalue weighted by molar-refractivity contribution is 7.21. The van der Waals surface area contributed by atoms with Gasteiger partial charge in [-0.15, -0.1) is 11.3 Å². The normalized spacial score (nSPS) is 10.9. The smallest absolute Gasteiger partial charge is 0.287 e. The fourth-order valence-electron chi connectivity index (χ4n) is 2.80. The minimum absolute atomic E-state index is 0.262. The van der Waals surface area contributed by atoms with E-state index in [1.54, 1.807) is 30.6 Å². The molecule has 27 heavy (non-hydrogen) atoms. The summed E-state index contributed by atoms with van der Waals surface area (Å²) in [6, 6.07) is 17.2. The van der Waals surface area contributed by atoms with Crippen molar-refractivity contribution in [3.8, 4) is 16.5 Å². The maximum Gasteiger partial charge on any atom is 0.287 e. The molecule has 136 valence electrons. The van der Waals surface area contributed by atoms with Gasteiger partial charge in [0.1, 0.15) is 5.75 Å². The molecule has 0 bridgehead atoms. The molecule has 0 fully saturated rings. The Kier molecular flexibility index (Phi) is 4.64. The van der Waals surface area contributed by atoms with Crippen LogP contribution in [0.4, 0.5) is 0 Å². The number of ether oxygens (including phenoxy) is 1. The predicted molar refractivity (Wildman–Crippen MR) is 106 cm³/mol. The number of carbonyl (C=O) groups excluding carboxylic acids is 1. The first-order chi connectivity index (χ1) is 13.1. The van der Waals surface area contributed by atoms with Gasteiger partial charge in [-0.25, -0.2) is 4.98 Å². The van der Waals surface area contributed by atoms with Crippen molar-refractivity contribution >= 4 is 27.5 Å². The quantitative estimate of drug-likeness (QED) is 0.542. The number of aromatic nitrogens is 1. The summed E-state index contributed by atoms with van der Waals surface area (Å²) in [6.45, 7) is 2.38. The molecular weight excluding hydrogens is 360 g/mol. The highest BCUT2D eigenvalue weighted by Crippen LogP contribution is 2.31. The van der Waals surface area contributed by atoms with Crippen molar-refractivity contribution in [3.63, 3.8) is 0 Å². The zero-order chi connectivity index (χ0) is 18.8. The minimum atomic E-state index is -0.262. The Bertz CT molecular complexity index is 1080. The molecule has 1 N–H and O–H groups in total. The summed E-state index contributed by atoms with van der Waals surface area (Å²) in [5.74, 6) is 1.40. The van der Waals surface area contributed by atoms with Gasteiger partial charge in [0, 0.05) is 6.54 Å². The monoisotopic (exact) mass is 378 g/mol. The number of carbonyl (C=O) groups is 1. The number of thiazole rings is 1. The van der Waals surface area contributed by atoms with Gasteiger partial charge in [-0.3, -0.25) is 4.79 Å². The second-order valence-corrected chi connectivity index (χ2v) is 7.17. The SMILES string of the molecule is COc1cc(CNC(=O)c2ccc(-c3nc4ccccc4s3)o2)ccc1C. The third kappa shape index (κ3) is 3.57. The number of amides is 1. The van der Waals surface area contributed by atoms with Gasteiger partial charge in [0.05, 0.1) is 17.3 Å². The summed E-state index contributed by atoms with van der Waals surface area (Å²) in [5, 5.41) is 3.63. The van der Waals surface area contributed by atoms with Crippen LogP contribution in [0.25, 0.3) is 21.0 Å². The molecule has 0 radical (unpaired) electrons. The van der Waals surface area contributed by atoms with Gasteiger partial charge in [-0.2, -0.15) is 0 Å². The van der Waals surface area contributed by atoms with E-state index < -0.39 is 0 Å². The maximum absolute atomic E-state index is 12.4. The zero-order valence-corrected chi connectivity index (χ0v) is 15.8. The molecule has 0 unspecified atom stereocenters. The third-order valence-corrected chi connectivity index (χ3v) is 5.31. The minimum Gasteiger partial charge on any atom is -0.496 e. The third-order valence-electron chi connectivity index (χ3n) is 4.26. The van der Waals surface area contributed by atoms with E-state index >= 15 is 0 Å². The van der Waals surface area contributed by atoms with Crippen LogP contribution in [-0.4, -0.2) is 18.0 Å². The van der Waals surface area contributed by atoms with Crippen LogP contribution in [0.5, 0.6) is 5.75 Å². The van der Waals surface area contributed by atoms with E-state index in [4.69, 9.17) is 9.15 Å². The lowest BCUT2D eigenvalue weighted by molar-refractivity contribution is 0.0924. The Morgan fingerprint density at radius 1 is 1.19 bits per heavy atom. The van der Waals surface area contributed by atoms with Gasteiger partial charge in [-0.05, 0) is 48.4 Å². The van der Waals surface area contributed by atoms with Crippen LogP contribution in [-0.2, 0) is 6.54 Å². The lowest BCUT2D eigenvalue weighted by atomic mass is 10.1. The second-order valence-electron chi connectivity index (χ2n) is 6.14. The van der Waals surface area contributed by atoms with Crippen LogP contribution in [0.1, 0.15) is 21.7 Å². The van der Waals surface area contributed by atoms with Crippen molar-refractivity contribution in [2.45, 2.75) is 13.5 Å². The highest BCUT2D eigenvalue weighted by Gasteiger charge is 2.15. The molecule has 0 atom stereocenters. The van der Waals surface area contributed by atoms with Gasteiger partial charge in [0.2, 0.25) is 0 Å². The summed E-state index contributed by atoms with van der Waals surface area (Å²) in [6.07, 6.45) is 0. The van der Waals surface area contributed by atoms with Gasteiger partial charge in [0.25, 0.3) is 5.91 Å². The van der Waals surface area contributed by atoms with Gasteiger partial charge >= 0.3 is 0 Å². The number of hydrogen-bond acceptors (Lipinski definition) is 5. The van der Waals surface area contributed by atoms with Crippen molar-refractivity contribution in [1.29, 1.82) is 0 Å². The van der Waals surface area contributed by atoms with Crippen molar-refractivity contribution in [2.24, 2.45) is 0 Å². The molecule has 0 aliphatic rings. The molecule has 0 aliphatic carbocycles. The second kappa shape index (κ2) is 7.25. The van der Waals surface area contributed by atoms with Crippen LogP contribution in [0.15, 0.2) is 59.0 Å². The van der Waals surface area contributed by atoms with Crippen LogP contribution in [0.3, 0.4) is 0 Å². The summed E-state index contributed by atoms with van der Waals surface area (Å²) < 4.78 is 12.1. The van der Waals surface area contributed by atoms with Crippen molar-refractivity contribution in [3.05, 3.63) is 71.5 Å². The fourth-order valence-corrected chi connectivity index (χ4v) is 3.72. The molecule has 6 heteroatoms. The molecule has 0 saturated heterocycles. The number of nitrogens with zero attached hydrogens (tertiary/aromatic N) is 1. The first-order valence-corrected chi connectivity index (χ1v) is 9.33. The average Bonchev–Trinajstić information content (AvgIpc) is 3.34. The maximum atomic E-state index is 12.4. The van der Waals surface area contributed by atoms with Crippen LogP contribution < -0.4 is 10.1 Å². The zero-order valence-electron chi connectivity index (χ0n) is 15.0. The lowest BCUT2D eigenvalue weighted by Gasteiger charge is -2.08. The van der Waals surface area contributed by atoms with Gasteiger partial charge in [-0.1, -0.05) is 24.3 Å². The Labute approximate surface area is 160 Å². The van der Waals surface area contributed by atoms with Crippen LogP contribution in [0.2, 0.25) is 0 Å². The molecule has 0 aliphatic heterocycles. The number of rotatable bonds is 5. The Morgan fingerprint density at radius 3 is 2.85 bits per heavy atom. The van der Waals surface area contributed by atoms with Crippen LogP contribution in [0, 0.1) is 6.92 Å². The summed E-state index contributed by atoms with van der Waals surface area (Å²) in [7, 11) is 1.64. The Morgan fingerprint density at radius 2 is 2.04 bits per heavy atom. The molecule has 2 heterocycles. The fraction of sp³-hybridized carbons (Fsp3) is 0.143. The molecule has 2 aromatic carbocycles. The van der Waals surface area contributed by atoms with Gasteiger partial charge in [0.15, 0.2) is 16.5 Å². The number of nitrogens with one attached hydrogen (secondary N) is 1. The largest absolute Gasteiger partial charge is 0.496 e. The molecule has 4 aromatic rings. The van der Waals surface area contributed by atoms with Crippen molar-refractivity contribution in [1.82, 2.24) is 10.3 Å². The number of methoxy groups -OCH3 is 1. The highest BCUT2D eigenvalue weighted by atomic mass is 32.1. The molecule has 1 amide bonds. The van der Waals surface area contributed by atoms with E-state index in [0.717, 1.165) is 32.1 Å². The van der Waals surface area contributed by atoms with E-state index in [2.05, 4.69) is 10.3 Å². The summed E-state index contributed by atoms with van der Waals surface area (Å²) in [4.78, 5) is 17.0. The van der Waals surface area contributed by atoms with E-state index in [0.29, 0.717) is 12.3 Å². The van der Waals surface area contributed by atoms with Crippen LogP contribution >= 0.6 is 11.3 Å². The number of para-hydroxylation sites is 1. The van der Waals surface area contributed by atoms with E-state index in [9.17, 15) is 4.79 Å².